The van der Waals surface area contributed by atoms with Gasteiger partial charge in [0.25, 0.3) is 0 Å². The van der Waals surface area contributed by atoms with Gasteiger partial charge in [-0.25, -0.2) is 0 Å². The van der Waals surface area contributed by atoms with E-state index < -0.39 is 5.97 Å². The smallest absolute Gasteiger partial charge is 0.159 e. The minimum atomic E-state index is -1.09. The van der Waals surface area contributed by atoms with Crippen molar-refractivity contribution >= 4 is 23.4 Å². The maximum Gasteiger partial charge on any atom is 0.159 e. The summed E-state index contributed by atoms with van der Waals surface area (Å²) in [5, 5.41) is 11.5. The minimum absolute atomic E-state index is 0.000782. The van der Waals surface area contributed by atoms with Crippen molar-refractivity contribution in [3.05, 3.63) is 76.9 Å². The highest BCUT2D eigenvalue weighted by molar-refractivity contribution is 6.30. The van der Waals surface area contributed by atoms with Crippen molar-refractivity contribution in [2.45, 2.75) is 19.8 Å². The molecule has 0 fully saturated rings. The number of carboxylic acids is 1. The number of Topliss-reactive ketones (excluding diaryl/α,β-unsaturated/α-hetero) is 1. The van der Waals surface area contributed by atoms with Crippen LogP contribution in [0.1, 0.15) is 29.4 Å². The largest absolute Gasteiger partial charge is 0.550 e. The third-order valence-corrected chi connectivity index (χ3v) is 4.47. The molecule has 0 atom stereocenters. The Morgan fingerprint density at radius 2 is 1.62 bits per heavy atom. The maximum atomic E-state index is 11.5. The number of carbonyl (C=O) groups is 2. The molecule has 0 N–H and O–H groups in total. The number of aryl methyl sites for hydroxylation is 1. The molecule has 0 aliphatic rings. The number of benzene rings is 2. The fraction of sp³-hybridized carbons (Fsp3) is 0.143. The van der Waals surface area contributed by atoms with E-state index in [1.165, 1.54) is 6.92 Å². The third-order valence-electron chi connectivity index (χ3n) is 4.22. The van der Waals surface area contributed by atoms with Crippen LogP contribution < -0.4 is 5.11 Å². The number of carboxylic acid groups (broad SMARTS) is 1. The van der Waals surface area contributed by atoms with E-state index >= 15 is 0 Å². The van der Waals surface area contributed by atoms with Gasteiger partial charge in [-0.2, -0.15) is 0 Å². The molecule has 0 saturated carbocycles. The van der Waals surface area contributed by atoms with Crippen LogP contribution in [0, 0.1) is 0 Å². The van der Waals surface area contributed by atoms with Gasteiger partial charge in [0.1, 0.15) is 0 Å². The monoisotopic (exact) mass is 366 g/mol. The molecule has 0 bridgehead atoms. The van der Waals surface area contributed by atoms with E-state index in [1.54, 1.807) is 12.1 Å². The fourth-order valence-electron chi connectivity index (χ4n) is 2.90. The average Bonchev–Trinajstić information content (AvgIpc) is 3.04. The van der Waals surface area contributed by atoms with Crippen LogP contribution in [0.4, 0.5) is 0 Å². The number of aromatic nitrogens is 1. The third kappa shape index (κ3) is 3.86. The van der Waals surface area contributed by atoms with Gasteiger partial charge in [-0.3, -0.25) is 4.79 Å². The molecular weight excluding hydrogens is 350 g/mol. The Kier molecular flexibility index (Phi) is 5.24. The van der Waals surface area contributed by atoms with E-state index in [4.69, 9.17) is 11.6 Å². The van der Waals surface area contributed by atoms with Crippen LogP contribution in [0.3, 0.4) is 0 Å². The van der Waals surface area contributed by atoms with Crippen LogP contribution in [0.5, 0.6) is 0 Å². The van der Waals surface area contributed by atoms with Crippen LogP contribution in [0.2, 0.25) is 5.02 Å². The Hall–Kier alpha value is -2.85. The van der Waals surface area contributed by atoms with Crippen molar-refractivity contribution < 1.29 is 14.7 Å². The first kappa shape index (κ1) is 18.0. The first-order valence-corrected chi connectivity index (χ1v) is 8.61. The number of halogens is 1. The quantitative estimate of drug-likeness (QED) is 0.625. The molecule has 26 heavy (non-hydrogen) atoms. The molecule has 0 saturated heterocycles. The van der Waals surface area contributed by atoms with Gasteiger partial charge in [0.15, 0.2) is 5.78 Å². The highest BCUT2D eigenvalue weighted by Crippen LogP contribution is 2.28. The maximum absolute atomic E-state index is 11.5. The summed E-state index contributed by atoms with van der Waals surface area (Å²) < 4.78 is 2.00. The Morgan fingerprint density at radius 1 is 0.962 bits per heavy atom. The van der Waals surface area contributed by atoms with Gasteiger partial charge in [0, 0.05) is 27.9 Å². The molecule has 0 unspecified atom stereocenters. The molecular formula is C21H17ClNO3-. The predicted molar refractivity (Wildman–Crippen MR) is 99.5 cm³/mol. The van der Waals surface area contributed by atoms with Crippen molar-refractivity contribution in [1.82, 2.24) is 4.57 Å². The lowest BCUT2D eigenvalue weighted by molar-refractivity contribution is -0.305. The summed E-state index contributed by atoms with van der Waals surface area (Å²) in [6.45, 7) is 1.52. The topological polar surface area (TPSA) is 62.1 Å². The lowest BCUT2D eigenvalue weighted by Gasteiger charge is -2.15. The number of rotatable bonds is 6. The van der Waals surface area contributed by atoms with E-state index in [9.17, 15) is 14.7 Å². The predicted octanol–water partition coefficient (Wildman–Crippen LogP) is 3.68. The van der Waals surface area contributed by atoms with Gasteiger partial charge >= 0.3 is 0 Å². The molecule has 132 valence electrons. The zero-order chi connectivity index (χ0) is 18.7. The van der Waals surface area contributed by atoms with Gasteiger partial charge in [0.05, 0.1) is 5.69 Å². The molecule has 1 aromatic heterocycles. The van der Waals surface area contributed by atoms with Gasteiger partial charge in [0.2, 0.25) is 0 Å². The summed E-state index contributed by atoms with van der Waals surface area (Å²) in [5.74, 6) is -1.09. The van der Waals surface area contributed by atoms with Crippen molar-refractivity contribution in [1.29, 1.82) is 0 Å². The standard InChI is InChI=1S/C21H18ClNO3/c1-14(24)15-4-8-18(9-5-15)23-19(11-13-21(25)26)10-12-20(23)16-2-6-17(22)7-3-16/h2-10,12H,11,13H2,1H3,(H,25,26)/p-1. The Labute approximate surface area is 156 Å². The SMILES string of the molecule is CC(=O)c1ccc(-n2c(CCC(=O)[O-])ccc2-c2ccc(Cl)cc2)cc1. The Bertz CT molecular complexity index is 940. The first-order valence-electron chi connectivity index (χ1n) is 8.23. The summed E-state index contributed by atoms with van der Waals surface area (Å²) >= 11 is 5.98. The van der Waals surface area contributed by atoms with Gasteiger partial charge < -0.3 is 14.5 Å². The number of nitrogens with zero attached hydrogens (tertiary/aromatic N) is 1. The molecule has 0 radical (unpaired) electrons. The number of carbonyl (C=O) groups excluding carboxylic acids is 2. The molecule has 2 aromatic carbocycles. The first-order chi connectivity index (χ1) is 12.5. The normalized spacial score (nSPS) is 10.7. The zero-order valence-corrected chi connectivity index (χ0v) is 15.0. The molecule has 3 rings (SSSR count). The van der Waals surface area contributed by atoms with Gasteiger partial charge in [-0.15, -0.1) is 0 Å². The highest BCUT2D eigenvalue weighted by Gasteiger charge is 2.12. The average molecular weight is 367 g/mol. The molecule has 5 heteroatoms. The van der Waals surface area contributed by atoms with Crippen molar-refractivity contribution in [2.24, 2.45) is 0 Å². The second kappa shape index (κ2) is 7.58. The van der Waals surface area contributed by atoms with E-state index in [1.807, 2.05) is 53.1 Å². The summed E-state index contributed by atoms with van der Waals surface area (Å²) in [6, 6.07) is 18.6. The van der Waals surface area contributed by atoms with Crippen molar-refractivity contribution in [3.8, 4) is 16.9 Å². The Balaban J connectivity index is 2.09. The second-order valence-corrected chi connectivity index (χ2v) is 6.46. The number of hydrogen-bond donors (Lipinski definition) is 0. The lowest BCUT2D eigenvalue weighted by atomic mass is 10.1. The lowest BCUT2D eigenvalue weighted by Crippen LogP contribution is -2.22. The summed E-state index contributed by atoms with van der Waals surface area (Å²) in [6.07, 6.45) is 0.292. The van der Waals surface area contributed by atoms with Crippen LogP contribution in [-0.4, -0.2) is 16.3 Å². The van der Waals surface area contributed by atoms with Crippen LogP contribution in [0.15, 0.2) is 60.7 Å². The van der Waals surface area contributed by atoms with E-state index in [0.717, 1.165) is 22.6 Å². The molecule has 4 nitrogen and oxygen atoms in total. The van der Waals surface area contributed by atoms with Crippen LogP contribution in [0.25, 0.3) is 16.9 Å². The highest BCUT2D eigenvalue weighted by atomic mass is 35.5. The summed E-state index contributed by atoms with van der Waals surface area (Å²) in [4.78, 5) is 22.4. The Morgan fingerprint density at radius 3 is 2.19 bits per heavy atom. The van der Waals surface area contributed by atoms with E-state index in [2.05, 4.69) is 0 Å². The summed E-state index contributed by atoms with van der Waals surface area (Å²) in [7, 11) is 0. The van der Waals surface area contributed by atoms with E-state index in [-0.39, 0.29) is 12.2 Å². The van der Waals surface area contributed by atoms with E-state index in [0.29, 0.717) is 17.0 Å². The number of ketones is 1. The molecule has 0 aliphatic heterocycles. The second-order valence-electron chi connectivity index (χ2n) is 6.03. The van der Waals surface area contributed by atoms with Crippen molar-refractivity contribution in [2.75, 3.05) is 0 Å². The number of aliphatic carboxylic acids is 1. The molecule has 0 amide bonds. The van der Waals surface area contributed by atoms with Crippen molar-refractivity contribution in [3.63, 3.8) is 0 Å². The fourth-order valence-corrected chi connectivity index (χ4v) is 3.03. The van der Waals surface area contributed by atoms with Gasteiger partial charge in [-0.05, 0) is 73.9 Å². The van der Waals surface area contributed by atoms with Crippen LogP contribution in [-0.2, 0) is 11.2 Å². The van der Waals surface area contributed by atoms with Crippen LogP contribution >= 0.6 is 11.6 Å². The summed E-state index contributed by atoms with van der Waals surface area (Å²) in [5.41, 5.74) is 4.23. The molecule has 0 spiro atoms. The van der Waals surface area contributed by atoms with Gasteiger partial charge in [-0.1, -0.05) is 23.7 Å². The molecule has 0 aliphatic carbocycles. The minimum Gasteiger partial charge on any atom is -0.550 e. The molecule has 1 heterocycles. The molecule has 3 aromatic rings. The number of hydrogen-bond acceptors (Lipinski definition) is 3. The zero-order valence-electron chi connectivity index (χ0n) is 14.2.